The Labute approximate surface area is 167 Å². The minimum atomic E-state index is -0.643. The van der Waals surface area contributed by atoms with Crippen LogP contribution in [-0.4, -0.2) is 37.8 Å². The van der Waals surface area contributed by atoms with E-state index in [2.05, 4.69) is 15.4 Å². The molecule has 1 aromatic carbocycles. The van der Waals surface area contributed by atoms with Gasteiger partial charge < -0.3 is 14.6 Å². The van der Waals surface area contributed by atoms with Crippen molar-refractivity contribution in [2.75, 3.05) is 11.9 Å². The lowest BCUT2D eigenvalue weighted by atomic mass is 10.2. The Bertz CT molecular complexity index is 1180. The number of esters is 1. The molecular weight excluding hydrogens is 374 g/mol. The van der Waals surface area contributed by atoms with E-state index in [1.807, 2.05) is 13.8 Å². The average Bonchev–Trinajstić information content (AvgIpc) is 2.92. The summed E-state index contributed by atoms with van der Waals surface area (Å²) < 4.78 is 8.39. The second kappa shape index (κ2) is 7.86. The number of carbonyl (C=O) groups is 2. The van der Waals surface area contributed by atoms with Crippen LogP contribution in [0.15, 0.2) is 23.0 Å². The molecule has 0 aliphatic heterocycles. The highest BCUT2D eigenvalue weighted by Crippen LogP contribution is 2.18. The summed E-state index contributed by atoms with van der Waals surface area (Å²) in [6.45, 7) is 7.19. The van der Waals surface area contributed by atoms with Crippen molar-refractivity contribution in [1.82, 2.24) is 19.3 Å². The summed E-state index contributed by atoms with van der Waals surface area (Å²) in [5.74, 6) is -1.09. The number of anilines is 1. The van der Waals surface area contributed by atoms with Crippen molar-refractivity contribution in [3.63, 3.8) is 0 Å². The van der Waals surface area contributed by atoms with Crippen molar-refractivity contribution in [2.45, 2.75) is 34.2 Å². The van der Waals surface area contributed by atoms with Gasteiger partial charge in [-0.05, 0) is 45.9 Å². The number of nitrogens with one attached hydrogen (secondary N) is 1. The third-order valence-corrected chi connectivity index (χ3v) is 4.77. The smallest absolute Gasteiger partial charge is 0.338 e. The molecule has 29 heavy (non-hydrogen) atoms. The zero-order chi connectivity index (χ0) is 21.3. The number of aryl methyl sites for hydroxylation is 4. The Morgan fingerprint density at radius 3 is 2.52 bits per heavy atom. The van der Waals surface area contributed by atoms with Gasteiger partial charge in [-0.25, -0.2) is 9.78 Å². The molecule has 0 aliphatic carbocycles. The first-order valence-corrected chi connectivity index (χ1v) is 9.21. The van der Waals surface area contributed by atoms with Gasteiger partial charge in [0.15, 0.2) is 6.61 Å². The Kier molecular flexibility index (Phi) is 5.49. The molecule has 2 heterocycles. The number of benzene rings is 1. The molecule has 9 nitrogen and oxygen atoms in total. The summed E-state index contributed by atoms with van der Waals surface area (Å²) in [7, 11) is 1.78. The molecule has 0 fully saturated rings. The number of nitrogens with zero attached hydrogens (tertiary/aromatic N) is 4. The first kappa shape index (κ1) is 20.2. The molecule has 0 saturated carbocycles. The summed E-state index contributed by atoms with van der Waals surface area (Å²) in [5.41, 5.74) is 3.70. The zero-order valence-electron chi connectivity index (χ0n) is 17.1. The summed E-state index contributed by atoms with van der Waals surface area (Å²) >= 11 is 0. The van der Waals surface area contributed by atoms with Crippen LogP contribution in [0.3, 0.4) is 0 Å². The third-order valence-electron chi connectivity index (χ3n) is 4.77. The molecule has 0 bridgehead atoms. The predicted molar refractivity (Wildman–Crippen MR) is 108 cm³/mol. The maximum absolute atomic E-state index is 12.4. The second-order valence-corrected chi connectivity index (χ2v) is 6.74. The molecule has 152 valence electrons. The van der Waals surface area contributed by atoms with Crippen molar-refractivity contribution >= 4 is 28.6 Å². The number of ether oxygens (including phenoxy) is 1. The fourth-order valence-electron chi connectivity index (χ4n) is 3.16. The number of aromatic nitrogens is 4. The fourth-order valence-corrected chi connectivity index (χ4v) is 3.16. The third kappa shape index (κ3) is 3.89. The van der Waals surface area contributed by atoms with Gasteiger partial charge in [0.2, 0.25) is 0 Å². The quantitative estimate of drug-likeness (QED) is 0.659. The van der Waals surface area contributed by atoms with Gasteiger partial charge in [0, 0.05) is 13.6 Å². The number of carbonyl (C=O) groups excluding carboxylic acids is 2. The molecule has 9 heteroatoms. The molecule has 0 unspecified atom stereocenters. The van der Waals surface area contributed by atoms with Gasteiger partial charge in [0.1, 0.15) is 5.69 Å². The molecule has 3 rings (SSSR count). The van der Waals surface area contributed by atoms with Crippen LogP contribution in [0.1, 0.15) is 34.4 Å². The van der Waals surface area contributed by atoms with Crippen LogP contribution < -0.4 is 10.9 Å². The van der Waals surface area contributed by atoms with Crippen LogP contribution in [0.4, 0.5) is 5.69 Å². The van der Waals surface area contributed by atoms with Crippen LogP contribution in [0, 0.1) is 20.8 Å². The highest BCUT2D eigenvalue weighted by molar-refractivity contribution is 5.97. The lowest BCUT2D eigenvalue weighted by Gasteiger charge is -2.10. The Hall–Kier alpha value is -3.49. The Morgan fingerprint density at radius 1 is 1.17 bits per heavy atom. The minimum absolute atomic E-state index is 0.159. The second-order valence-electron chi connectivity index (χ2n) is 6.74. The maximum Gasteiger partial charge on any atom is 0.338 e. The summed E-state index contributed by atoms with van der Waals surface area (Å²) in [6, 6.07) is 4.77. The Balaban J connectivity index is 1.74. The summed E-state index contributed by atoms with van der Waals surface area (Å²) in [5, 5.41) is 6.94. The average molecular weight is 397 g/mol. The highest BCUT2D eigenvalue weighted by Gasteiger charge is 2.16. The van der Waals surface area contributed by atoms with Crippen molar-refractivity contribution in [3.8, 4) is 0 Å². The van der Waals surface area contributed by atoms with E-state index in [0.29, 0.717) is 34.7 Å². The van der Waals surface area contributed by atoms with E-state index in [9.17, 15) is 14.4 Å². The van der Waals surface area contributed by atoms with Gasteiger partial charge >= 0.3 is 5.97 Å². The van der Waals surface area contributed by atoms with Crippen molar-refractivity contribution in [2.24, 2.45) is 7.05 Å². The first-order chi connectivity index (χ1) is 13.7. The van der Waals surface area contributed by atoms with Crippen LogP contribution >= 0.6 is 0 Å². The van der Waals surface area contributed by atoms with E-state index in [4.69, 9.17) is 4.74 Å². The van der Waals surface area contributed by atoms with E-state index < -0.39 is 18.5 Å². The molecule has 0 saturated heterocycles. The number of rotatable bonds is 5. The molecule has 0 aliphatic rings. The van der Waals surface area contributed by atoms with Gasteiger partial charge in [-0.3, -0.25) is 14.3 Å². The molecule has 0 atom stereocenters. The lowest BCUT2D eigenvalue weighted by Crippen LogP contribution is -2.24. The largest absolute Gasteiger partial charge is 0.452 e. The molecule has 2 aromatic heterocycles. The molecule has 1 N–H and O–H groups in total. The summed E-state index contributed by atoms with van der Waals surface area (Å²) in [6.07, 6.45) is 0. The molecule has 3 aromatic rings. The van der Waals surface area contributed by atoms with Crippen LogP contribution in [-0.2, 0) is 23.1 Å². The number of amides is 1. The zero-order valence-corrected chi connectivity index (χ0v) is 17.1. The first-order valence-electron chi connectivity index (χ1n) is 9.21. The number of hydrogen-bond acceptors (Lipinski definition) is 6. The SMILES string of the molecule is CCn1c(=O)c(C)nc2cc(C(=O)OCC(=O)Nc3c(C)nn(C)c3C)ccc21. The van der Waals surface area contributed by atoms with Crippen LogP contribution in [0.25, 0.3) is 11.0 Å². The van der Waals surface area contributed by atoms with E-state index in [1.54, 1.807) is 48.3 Å². The van der Waals surface area contributed by atoms with Gasteiger partial charge in [-0.15, -0.1) is 0 Å². The Morgan fingerprint density at radius 2 is 1.90 bits per heavy atom. The fraction of sp³-hybridized carbons (Fsp3) is 0.350. The van der Waals surface area contributed by atoms with E-state index in [-0.39, 0.29) is 11.1 Å². The normalized spacial score (nSPS) is 10.9. The van der Waals surface area contributed by atoms with Gasteiger partial charge in [0.25, 0.3) is 11.5 Å². The molecule has 1 amide bonds. The van der Waals surface area contributed by atoms with Crippen molar-refractivity contribution < 1.29 is 14.3 Å². The molecule has 0 spiro atoms. The van der Waals surface area contributed by atoms with Crippen LogP contribution in [0.5, 0.6) is 0 Å². The van der Waals surface area contributed by atoms with Crippen molar-refractivity contribution in [1.29, 1.82) is 0 Å². The monoisotopic (exact) mass is 397 g/mol. The molecular formula is C20H23N5O4. The van der Waals surface area contributed by atoms with Crippen molar-refractivity contribution in [3.05, 3.63) is 51.2 Å². The topological polar surface area (TPSA) is 108 Å². The van der Waals surface area contributed by atoms with Crippen LogP contribution in [0.2, 0.25) is 0 Å². The lowest BCUT2D eigenvalue weighted by molar-refractivity contribution is -0.119. The molecule has 0 radical (unpaired) electrons. The van der Waals surface area contributed by atoms with Gasteiger partial charge in [-0.1, -0.05) is 0 Å². The van der Waals surface area contributed by atoms with Gasteiger partial charge in [0.05, 0.1) is 33.7 Å². The van der Waals surface area contributed by atoms with E-state index in [1.165, 1.54) is 0 Å². The highest BCUT2D eigenvalue weighted by atomic mass is 16.5. The van der Waals surface area contributed by atoms with E-state index in [0.717, 1.165) is 5.69 Å². The standard InChI is InChI=1S/C20H23N5O4/c1-6-25-16-8-7-14(9-15(16)21-12(3)19(25)27)20(28)29-10-17(26)22-18-11(2)23-24(5)13(18)4/h7-9H,6,10H2,1-5H3,(H,22,26). The summed E-state index contributed by atoms with van der Waals surface area (Å²) in [4.78, 5) is 41.0. The predicted octanol–water partition coefficient (Wildman–Crippen LogP) is 1.87. The maximum atomic E-state index is 12.4. The number of fused-ring (bicyclic) bond motifs is 1. The number of hydrogen-bond donors (Lipinski definition) is 1. The minimum Gasteiger partial charge on any atom is -0.452 e. The van der Waals surface area contributed by atoms with E-state index >= 15 is 0 Å². The van der Waals surface area contributed by atoms with Gasteiger partial charge in [-0.2, -0.15) is 5.10 Å².